The van der Waals surface area contributed by atoms with E-state index < -0.39 is 0 Å². The van der Waals surface area contributed by atoms with E-state index in [2.05, 4.69) is 45.5 Å². The molecule has 2 amide bonds. The van der Waals surface area contributed by atoms with Crippen LogP contribution in [0.25, 0.3) is 33.1 Å². The van der Waals surface area contributed by atoms with E-state index in [1.165, 1.54) is 17.0 Å². The molecule has 3 N–H and O–H groups in total. The van der Waals surface area contributed by atoms with E-state index in [4.69, 9.17) is 35.0 Å². The number of halogens is 1. The molecule has 16 nitrogen and oxygen atoms in total. The van der Waals surface area contributed by atoms with Crippen molar-refractivity contribution < 1.29 is 37.7 Å². The second-order valence-electron chi connectivity index (χ2n) is 14.8. The number of rotatable bonds is 22. The highest BCUT2D eigenvalue weighted by atomic mass is 35.5. The highest BCUT2D eigenvalue weighted by molar-refractivity contribution is 6.33. The number of nitrogens with one attached hydrogen (secondary N) is 3. The van der Waals surface area contributed by atoms with Crippen molar-refractivity contribution >= 4 is 63.0 Å². The van der Waals surface area contributed by atoms with Gasteiger partial charge in [-0.15, -0.1) is 0 Å². The summed E-state index contributed by atoms with van der Waals surface area (Å²) in [5.74, 6) is 0.595. The summed E-state index contributed by atoms with van der Waals surface area (Å²) in [5, 5.41) is 14.9. The van der Waals surface area contributed by atoms with Crippen molar-refractivity contribution in [1.29, 1.82) is 0 Å². The van der Waals surface area contributed by atoms with Gasteiger partial charge in [-0.1, -0.05) is 67.9 Å². The van der Waals surface area contributed by atoms with Crippen molar-refractivity contribution in [3.63, 3.8) is 0 Å². The van der Waals surface area contributed by atoms with E-state index in [9.17, 15) is 19.2 Å². The molecule has 0 saturated heterocycles. The summed E-state index contributed by atoms with van der Waals surface area (Å²) < 4.78 is 30.0. The molecular weight excluding hydrogens is 866 g/mol. The number of ether oxygens (including phenoxy) is 4. The Labute approximate surface area is 389 Å². The van der Waals surface area contributed by atoms with E-state index >= 15 is 0 Å². The van der Waals surface area contributed by atoms with Crippen molar-refractivity contribution in [2.45, 2.75) is 33.7 Å². The van der Waals surface area contributed by atoms with Gasteiger partial charge in [-0.2, -0.15) is 5.10 Å². The zero-order valence-electron chi connectivity index (χ0n) is 38.1. The van der Waals surface area contributed by atoms with Crippen LogP contribution in [-0.4, -0.2) is 117 Å². The molecule has 3 aromatic heterocycles. The second-order valence-corrected chi connectivity index (χ2v) is 15.2. The fraction of sp³-hybridized carbons (Fsp3) is 0.367. The molecular formula is C49H60ClN7O9. The smallest absolute Gasteiger partial charge is 0.287 e. The Bertz CT molecular complexity index is 2570. The van der Waals surface area contributed by atoms with Gasteiger partial charge in [0.15, 0.2) is 0 Å². The number of fused-ring (bicyclic) bond motifs is 4. The highest BCUT2D eigenvalue weighted by Crippen LogP contribution is 2.34. The number of nitrogens with zero attached hydrogens (tertiary/aromatic N) is 4. The van der Waals surface area contributed by atoms with E-state index in [1.54, 1.807) is 17.9 Å². The maximum absolute atomic E-state index is 12.4. The van der Waals surface area contributed by atoms with Crippen LogP contribution in [0.4, 0.5) is 11.4 Å². The summed E-state index contributed by atoms with van der Waals surface area (Å²) in [6.45, 7) is 15.8. The Kier molecular flexibility index (Phi) is 20.6. The molecule has 0 spiro atoms. The fourth-order valence-electron chi connectivity index (χ4n) is 7.20. The van der Waals surface area contributed by atoms with Gasteiger partial charge in [0.05, 0.1) is 88.6 Å². The third-order valence-electron chi connectivity index (χ3n) is 10.3. The molecule has 3 aromatic carbocycles. The summed E-state index contributed by atoms with van der Waals surface area (Å²) in [4.78, 5) is 49.1. The third kappa shape index (κ3) is 14.2. The van der Waals surface area contributed by atoms with Crippen LogP contribution in [-0.2, 0) is 48.5 Å². The Balaban J connectivity index is 0.000000273. The molecule has 1 aliphatic heterocycles. The topological polar surface area (TPSA) is 180 Å². The minimum Gasteiger partial charge on any atom is -0.464 e. The van der Waals surface area contributed by atoms with Crippen molar-refractivity contribution in [1.82, 2.24) is 29.9 Å². The SMILES string of the molecule is C=CC(=O)n1c2ccc(C)cc2c2ccc(-c3ccco3)cc21.CC.Cn1ncc(Nc2cccc3c2CCN(CC(=O)NCCOCCOCCOCCOCCNC=O)C3)c(Cl)c1=O. The number of carbonyl (C=O) groups is 3. The Morgan fingerprint density at radius 1 is 0.864 bits per heavy atom. The largest absolute Gasteiger partial charge is 0.464 e. The highest BCUT2D eigenvalue weighted by Gasteiger charge is 2.22. The Morgan fingerprint density at radius 2 is 1.58 bits per heavy atom. The number of aryl methyl sites for hydroxylation is 2. The first-order chi connectivity index (χ1) is 32.2. The molecule has 0 radical (unpaired) electrons. The van der Waals surface area contributed by atoms with Crippen LogP contribution < -0.4 is 21.5 Å². The average Bonchev–Trinajstić information content (AvgIpc) is 3.99. The van der Waals surface area contributed by atoms with E-state index in [0.717, 1.165) is 68.5 Å². The van der Waals surface area contributed by atoms with Crippen LogP contribution in [0.3, 0.4) is 0 Å². The summed E-state index contributed by atoms with van der Waals surface area (Å²) in [6.07, 6.45) is 5.92. The molecule has 1 aliphatic rings. The van der Waals surface area contributed by atoms with Gasteiger partial charge in [-0.25, -0.2) is 4.68 Å². The normalized spacial score (nSPS) is 12.1. The third-order valence-corrected chi connectivity index (χ3v) is 10.7. The summed E-state index contributed by atoms with van der Waals surface area (Å²) in [7, 11) is 1.55. The predicted molar refractivity (Wildman–Crippen MR) is 258 cm³/mol. The molecule has 0 atom stereocenters. The number of carbonyl (C=O) groups excluding carboxylic acids is 3. The van der Waals surface area contributed by atoms with Gasteiger partial charge in [0.1, 0.15) is 10.8 Å². The predicted octanol–water partition coefficient (Wildman–Crippen LogP) is 6.68. The maximum atomic E-state index is 12.4. The summed E-state index contributed by atoms with van der Waals surface area (Å²) in [6, 6.07) is 21.9. The van der Waals surface area contributed by atoms with Crippen molar-refractivity contribution in [3.8, 4) is 11.3 Å². The number of hydrogen-bond donors (Lipinski definition) is 3. The minimum absolute atomic E-state index is 0.0540. The lowest BCUT2D eigenvalue weighted by Crippen LogP contribution is -2.40. The van der Waals surface area contributed by atoms with Gasteiger partial charge in [-0.05, 0) is 66.9 Å². The fourth-order valence-corrected chi connectivity index (χ4v) is 7.41. The van der Waals surface area contributed by atoms with Crippen LogP contribution in [0.15, 0.2) is 101 Å². The lowest BCUT2D eigenvalue weighted by Gasteiger charge is -2.29. The van der Waals surface area contributed by atoms with Crippen LogP contribution in [0.2, 0.25) is 5.02 Å². The number of amides is 2. The minimum atomic E-state index is -0.362. The van der Waals surface area contributed by atoms with Crippen molar-refractivity contribution in [2.75, 3.05) is 84.4 Å². The second kappa shape index (κ2) is 26.7. The van der Waals surface area contributed by atoms with Gasteiger partial charge < -0.3 is 39.3 Å². The molecule has 0 bridgehead atoms. The zero-order valence-corrected chi connectivity index (χ0v) is 38.9. The van der Waals surface area contributed by atoms with Crippen molar-refractivity contribution in [2.24, 2.45) is 7.05 Å². The monoisotopic (exact) mass is 925 g/mol. The molecule has 17 heteroatoms. The Morgan fingerprint density at radius 3 is 2.26 bits per heavy atom. The van der Waals surface area contributed by atoms with Crippen LogP contribution in [0, 0.1) is 6.92 Å². The quantitative estimate of drug-likeness (QED) is 0.0374. The van der Waals surface area contributed by atoms with Gasteiger partial charge in [0, 0.05) is 55.2 Å². The number of aromatic nitrogens is 3. The van der Waals surface area contributed by atoms with Crippen LogP contribution >= 0.6 is 11.6 Å². The molecule has 0 fully saturated rings. The Hall–Kier alpha value is -6.14. The molecule has 0 saturated carbocycles. The standard InChI is InChI=1S/C27H39ClN6O7.C20H15NO2.C2H6/c1-33-27(37)26(28)24(17-31-33)32-23-4-2-3-21-18-34(8-5-22(21)23)19-25(36)30-7-10-39-12-14-41-16-15-40-13-11-38-9-6-29-20-35;1-3-20(22)21-17-9-6-13(2)11-16(17)15-8-7-14(12-18(15)21)19-5-4-10-23-19;1-2/h2-4,17,20,32H,5-16,18-19H2,1H3,(H,29,35)(H,30,36);3-12H,1H2,2H3;1-2H3. The lowest BCUT2D eigenvalue weighted by atomic mass is 9.97. The first-order valence-electron chi connectivity index (χ1n) is 22.0. The molecule has 7 rings (SSSR count). The van der Waals surface area contributed by atoms with Gasteiger partial charge in [-0.3, -0.25) is 28.6 Å². The summed E-state index contributed by atoms with van der Waals surface area (Å²) >= 11 is 6.22. The number of anilines is 2. The number of allylic oxidation sites excluding steroid dienone is 1. The lowest BCUT2D eigenvalue weighted by molar-refractivity contribution is -0.122. The molecule has 0 unspecified atom stereocenters. The van der Waals surface area contributed by atoms with Crippen LogP contribution in [0.1, 0.15) is 35.3 Å². The van der Waals surface area contributed by atoms with Gasteiger partial charge >= 0.3 is 0 Å². The molecule has 352 valence electrons. The molecule has 66 heavy (non-hydrogen) atoms. The van der Waals surface area contributed by atoms with Gasteiger partial charge in [0.2, 0.25) is 12.3 Å². The van der Waals surface area contributed by atoms with Crippen LogP contribution in [0.5, 0.6) is 0 Å². The zero-order chi connectivity index (χ0) is 47.3. The molecule has 0 aliphatic carbocycles. The molecule has 6 aromatic rings. The van der Waals surface area contributed by atoms with E-state index in [1.807, 2.05) is 74.5 Å². The maximum Gasteiger partial charge on any atom is 0.287 e. The molecule has 4 heterocycles. The average molecular weight is 927 g/mol. The first-order valence-corrected chi connectivity index (χ1v) is 22.4. The van der Waals surface area contributed by atoms with E-state index in [-0.39, 0.29) is 22.4 Å². The summed E-state index contributed by atoms with van der Waals surface area (Å²) in [5.41, 5.74) is 7.11. The number of benzene rings is 3. The number of furan rings is 1. The van der Waals surface area contributed by atoms with Gasteiger partial charge in [0.25, 0.3) is 11.5 Å². The first kappa shape index (κ1) is 50.9. The number of hydrogen-bond acceptors (Lipinski definition) is 12. The van der Waals surface area contributed by atoms with Crippen molar-refractivity contribution in [3.05, 3.63) is 124 Å². The van der Waals surface area contributed by atoms with E-state index in [0.29, 0.717) is 91.1 Å².